The summed E-state index contributed by atoms with van der Waals surface area (Å²) in [5.74, 6) is 1.21. The van der Waals surface area contributed by atoms with Crippen molar-refractivity contribution in [2.45, 2.75) is 26.3 Å². The van der Waals surface area contributed by atoms with Gasteiger partial charge in [0.05, 0.1) is 11.6 Å². The molecule has 0 fully saturated rings. The van der Waals surface area contributed by atoms with Gasteiger partial charge in [-0.05, 0) is 46.6 Å². The molecule has 19 heavy (non-hydrogen) atoms. The van der Waals surface area contributed by atoms with E-state index in [1.807, 2.05) is 18.2 Å². The average Bonchev–Trinajstić information content (AvgIpc) is 2.42. The Morgan fingerprint density at radius 2 is 2.21 bits per heavy atom. The molecule has 0 saturated carbocycles. The van der Waals surface area contributed by atoms with Crippen LogP contribution in [0.4, 0.5) is 0 Å². The van der Waals surface area contributed by atoms with Crippen LogP contribution >= 0.6 is 15.9 Å². The molecule has 0 aliphatic heterocycles. The van der Waals surface area contributed by atoms with E-state index in [-0.39, 0.29) is 6.61 Å². The van der Waals surface area contributed by atoms with Crippen molar-refractivity contribution in [1.82, 2.24) is 5.32 Å². The molecule has 0 saturated heterocycles. The van der Waals surface area contributed by atoms with Crippen LogP contribution in [-0.2, 0) is 6.54 Å². The fourth-order valence-electron chi connectivity index (χ4n) is 1.65. The van der Waals surface area contributed by atoms with Gasteiger partial charge in [0.1, 0.15) is 6.07 Å². The van der Waals surface area contributed by atoms with Crippen molar-refractivity contribution in [3.05, 3.63) is 22.2 Å². The van der Waals surface area contributed by atoms with Crippen molar-refractivity contribution < 1.29 is 9.47 Å². The van der Waals surface area contributed by atoms with Gasteiger partial charge in [0, 0.05) is 6.54 Å². The van der Waals surface area contributed by atoms with Crippen LogP contribution in [0.25, 0.3) is 0 Å². The zero-order chi connectivity index (χ0) is 14.1. The number of halogens is 1. The van der Waals surface area contributed by atoms with Crippen LogP contribution < -0.4 is 14.8 Å². The molecule has 1 aromatic carbocycles. The number of ether oxygens (including phenoxy) is 2. The van der Waals surface area contributed by atoms with Crippen LogP contribution in [0, 0.1) is 11.3 Å². The molecular formula is C14H19BrN2O2. The minimum Gasteiger partial charge on any atom is -0.493 e. The maximum atomic E-state index is 8.56. The molecule has 1 aromatic rings. The quantitative estimate of drug-likeness (QED) is 0.745. The van der Waals surface area contributed by atoms with E-state index in [4.69, 9.17) is 14.7 Å². The standard InChI is InChI=1S/C14H19BrN2O2/c1-3-4-6-17-10-11-8-12(15)14(19-7-5-16)13(9-11)18-2/h8-9,17H,3-4,6-7,10H2,1-2H3. The number of hydrogen-bond acceptors (Lipinski definition) is 4. The third-order valence-corrected chi connectivity index (χ3v) is 3.20. The van der Waals surface area contributed by atoms with Crippen LogP contribution in [-0.4, -0.2) is 20.3 Å². The largest absolute Gasteiger partial charge is 0.493 e. The minimum atomic E-state index is 0.00303. The van der Waals surface area contributed by atoms with E-state index in [1.54, 1.807) is 7.11 Å². The molecule has 0 aromatic heterocycles. The summed E-state index contributed by atoms with van der Waals surface area (Å²) in [6.45, 7) is 3.96. The van der Waals surface area contributed by atoms with Gasteiger partial charge < -0.3 is 14.8 Å². The summed E-state index contributed by atoms with van der Waals surface area (Å²) in [7, 11) is 1.59. The van der Waals surface area contributed by atoms with Gasteiger partial charge in [0.2, 0.25) is 0 Å². The van der Waals surface area contributed by atoms with E-state index < -0.39 is 0 Å². The molecule has 0 spiro atoms. The van der Waals surface area contributed by atoms with Crippen LogP contribution in [0.1, 0.15) is 25.3 Å². The number of nitrogens with one attached hydrogen (secondary N) is 1. The maximum absolute atomic E-state index is 8.56. The van der Waals surface area contributed by atoms with Crippen LogP contribution in [0.5, 0.6) is 11.5 Å². The van der Waals surface area contributed by atoms with Crippen molar-refractivity contribution in [3.63, 3.8) is 0 Å². The lowest BCUT2D eigenvalue weighted by atomic mass is 10.2. The van der Waals surface area contributed by atoms with E-state index in [9.17, 15) is 0 Å². The van der Waals surface area contributed by atoms with Crippen LogP contribution in [0.3, 0.4) is 0 Å². The fourth-order valence-corrected chi connectivity index (χ4v) is 2.26. The molecule has 0 heterocycles. The van der Waals surface area contributed by atoms with E-state index in [2.05, 4.69) is 28.2 Å². The Kier molecular flexibility index (Phi) is 7.31. The summed E-state index contributed by atoms with van der Waals surface area (Å²) in [6, 6.07) is 5.85. The SMILES string of the molecule is CCCCNCc1cc(Br)c(OCC#N)c(OC)c1. The second-order valence-electron chi connectivity index (χ2n) is 4.09. The van der Waals surface area contributed by atoms with Gasteiger partial charge in [-0.1, -0.05) is 13.3 Å². The molecule has 0 unspecified atom stereocenters. The number of nitriles is 1. The molecule has 0 aliphatic carbocycles. The Morgan fingerprint density at radius 1 is 1.42 bits per heavy atom. The van der Waals surface area contributed by atoms with Crippen LogP contribution in [0.2, 0.25) is 0 Å². The first-order valence-corrected chi connectivity index (χ1v) is 7.09. The Morgan fingerprint density at radius 3 is 2.84 bits per heavy atom. The topological polar surface area (TPSA) is 54.3 Å². The Bertz CT molecular complexity index is 444. The van der Waals surface area contributed by atoms with E-state index >= 15 is 0 Å². The molecule has 0 bridgehead atoms. The normalized spacial score (nSPS) is 10.0. The second kappa shape index (κ2) is 8.78. The molecule has 1 N–H and O–H groups in total. The zero-order valence-electron chi connectivity index (χ0n) is 11.3. The van der Waals surface area contributed by atoms with Crippen molar-refractivity contribution >= 4 is 15.9 Å². The second-order valence-corrected chi connectivity index (χ2v) is 4.94. The van der Waals surface area contributed by atoms with E-state index in [0.717, 1.165) is 23.1 Å². The summed E-state index contributed by atoms with van der Waals surface area (Å²) in [6.07, 6.45) is 2.35. The summed E-state index contributed by atoms with van der Waals surface area (Å²) < 4.78 is 11.5. The van der Waals surface area contributed by atoms with E-state index in [0.29, 0.717) is 11.5 Å². The van der Waals surface area contributed by atoms with Gasteiger partial charge in [-0.15, -0.1) is 0 Å². The number of unbranched alkanes of at least 4 members (excludes halogenated alkanes) is 1. The third-order valence-electron chi connectivity index (χ3n) is 2.61. The van der Waals surface area contributed by atoms with Crippen LogP contribution in [0.15, 0.2) is 16.6 Å². The smallest absolute Gasteiger partial charge is 0.176 e. The van der Waals surface area contributed by atoms with E-state index in [1.165, 1.54) is 12.8 Å². The first-order chi connectivity index (χ1) is 9.22. The molecule has 1 rings (SSSR count). The highest BCUT2D eigenvalue weighted by Crippen LogP contribution is 2.36. The Labute approximate surface area is 122 Å². The zero-order valence-corrected chi connectivity index (χ0v) is 12.9. The fraction of sp³-hybridized carbons (Fsp3) is 0.500. The molecular weight excluding hydrogens is 308 g/mol. The monoisotopic (exact) mass is 326 g/mol. The molecule has 0 aliphatic rings. The first-order valence-electron chi connectivity index (χ1n) is 6.29. The highest BCUT2D eigenvalue weighted by molar-refractivity contribution is 9.10. The minimum absolute atomic E-state index is 0.00303. The Balaban J connectivity index is 2.75. The summed E-state index contributed by atoms with van der Waals surface area (Å²) in [5.41, 5.74) is 1.11. The molecule has 0 radical (unpaired) electrons. The van der Waals surface area contributed by atoms with Crippen molar-refractivity contribution in [3.8, 4) is 17.6 Å². The van der Waals surface area contributed by atoms with Crippen molar-refractivity contribution in [2.75, 3.05) is 20.3 Å². The number of benzene rings is 1. The summed E-state index contributed by atoms with van der Waals surface area (Å²) in [5, 5.41) is 11.9. The number of methoxy groups -OCH3 is 1. The molecule has 104 valence electrons. The predicted molar refractivity (Wildman–Crippen MR) is 78.4 cm³/mol. The van der Waals surface area contributed by atoms with Gasteiger partial charge in [-0.3, -0.25) is 0 Å². The lowest BCUT2D eigenvalue weighted by Crippen LogP contribution is -2.14. The molecule has 5 heteroatoms. The van der Waals surface area contributed by atoms with Gasteiger partial charge in [-0.25, -0.2) is 0 Å². The average molecular weight is 327 g/mol. The van der Waals surface area contributed by atoms with Gasteiger partial charge >= 0.3 is 0 Å². The summed E-state index contributed by atoms with van der Waals surface area (Å²) >= 11 is 3.45. The number of rotatable bonds is 8. The molecule has 0 amide bonds. The van der Waals surface area contributed by atoms with Gasteiger partial charge in [0.25, 0.3) is 0 Å². The Hall–Kier alpha value is -1.25. The third kappa shape index (κ3) is 5.09. The number of hydrogen-bond donors (Lipinski definition) is 1. The highest BCUT2D eigenvalue weighted by atomic mass is 79.9. The first kappa shape index (κ1) is 15.8. The molecule has 0 atom stereocenters. The summed E-state index contributed by atoms with van der Waals surface area (Å²) in [4.78, 5) is 0. The van der Waals surface area contributed by atoms with Gasteiger partial charge in [0.15, 0.2) is 18.1 Å². The predicted octanol–water partition coefficient (Wildman–Crippen LogP) is 3.25. The van der Waals surface area contributed by atoms with Gasteiger partial charge in [-0.2, -0.15) is 5.26 Å². The highest BCUT2D eigenvalue weighted by Gasteiger charge is 2.11. The maximum Gasteiger partial charge on any atom is 0.176 e. The van der Waals surface area contributed by atoms with Crippen molar-refractivity contribution in [1.29, 1.82) is 5.26 Å². The number of nitrogens with zero attached hydrogens (tertiary/aromatic N) is 1. The lowest BCUT2D eigenvalue weighted by Gasteiger charge is -2.13. The molecule has 4 nitrogen and oxygen atoms in total. The lowest BCUT2D eigenvalue weighted by molar-refractivity contribution is 0.327. The van der Waals surface area contributed by atoms with Crippen molar-refractivity contribution in [2.24, 2.45) is 0 Å².